The predicted octanol–water partition coefficient (Wildman–Crippen LogP) is 7.04. The first-order chi connectivity index (χ1) is 14.5. The number of amides is 1. The minimum absolute atomic E-state index is 0.0607. The Morgan fingerprint density at radius 1 is 1.03 bits per heavy atom. The SMILES string of the molecule is Cc1ccc(NC(=O)CSc2cn(Cc3ccc(Cl)cc3)c3ccccc23)cc1Cl. The molecule has 0 unspecified atom stereocenters. The molecule has 152 valence electrons. The first-order valence-electron chi connectivity index (χ1n) is 9.51. The molecule has 0 aliphatic heterocycles. The maximum absolute atomic E-state index is 12.5. The molecule has 1 heterocycles. The summed E-state index contributed by atoms with van der Waals surface area (Å²) in [6.45, 7) is 2.68. The summed E-state index contributed by atoms with van der Waals surface area (Å²) >= 11 is 13.7. The third-order valence-corrected chi connectivity index (χ3v) is 6.53. The average molecular weight is 455 g/mol. The molecule has 30 heavy (non-hydrogen) atoms. The number of nitrogens with one attached hydrogen (secondary N) is 1. The minimum Gasteiger partial charge on any atom is -0.342 e. The fourth-order valence-corrected chi connectivity index (χ4v) is 4.45. The number of rotatable bonds is 6. The van der Waals surface area contributed by atoms with Gasteiger partial charge in [0.25, 0.3) is 0 Å². The number of aromatic nitrogens is 1. The lowest BCUT2D eigenvalue weighted by molar-refractivity contribution is -0.113. The van der Waals surface area contributed by atoms with Crippen LogP contribution in [0.15, 0.2) is 77.8 Å². The number of carbonyl (C=O) groups excluding carboxylic acids is 1. The summed E-state index contributed by atoms with van der Waals surface area (Å²) in [5, 5.41) is 5.43. The second-order valence-corrected chi connectivity index (χ2v) is 8.93. The molecule has 1 amide bonds. The van der Waals surface area contributed by atoms with E-state index in [1.54, 1.807) is 6.07 Å². The zero-order valence-corrected chi connectivity index (χ0v) is 18.7. The highest BCUT2D eigenvalue weighted by molar-refractivity contribution is 8.00. The van der Waals surface area contributed by atoms with Crippen LogP contribution in [0.3, 0.4) is 0 Å². The van der Waals surface area contributed by atoms with E-state index in [4.69, 9.17) is 23.2 Å². The Balaban J connectivity index is 1.49. The highest BCUT2D eigenvalue weighted by atomic mass is 35.5. The standard InChI is InChI=1S/C24H20Cl2N2OS/c1-16-6-11-19(12-21(16)26)27-24(29)15-30-23-14-28(22-5-3-2-4-20(22)23)13-17-7-9-18(25)10-8-17/h2-12,14H,13,15H2,1H3,(H,27,29). The predicted molar refractivity (Wildman–Crippen MR) is 128 cm³/mol. The number of para-hydroxylation sites is 1. The number of aryl methyl sites for hydroxylation is 1. The molecule has 0 atom stereocenters. The lowest BCUT2D eigenvalue weighted by Crippen LogP contribution is -2.13. The van der Waals surface area contributed by atoms with Crippen molar-refractivity contribution in [2.45, 2.75) is 18.4 Å². The average Bonchev–Trinajstić information content (AvgIpc) is 3.09. The second kappa shape index (κ2) is 9.17. The van der Waals surface area contributed by atoms with E-state index in [1.807, 2.05) is 55.5 Å². The summed E-state index contributed by atoms with van der Waals surface area (Å²) in [5.74, 6) is 0.259. The third-order valence-electron chi connectivity index (χ3n) is 4.83. The maximum atomic E-state index is 12.5. The van der Waals surface area contributed by atoms with Crippen LogP contribution in [0.5, 0.6) is 0 Å². The van der Waals surface area contributed by atoms with E-state index >= 15 is 0 Å². The van der Waals surface area contributed by atoms with Gasteiger partial charge in [-0.1, -0.05) is 59.6 Å². The zero-order valence-electron chi connectivity index (χ0n) is 16.4. The molecule has 0 radical (unpaired) electrons. The van der Waals surface area contributed by atoms with Crippen LogP contribution < -0.4 is 5.32 Å². The number of carbonyl (C=O) groups is 1. The zero-order chi connectivity index (χ0) is 21.1. The number of thioether (sulfide) groups is 1. The van der Waals surface area contributed by atoms with Crippen molar-refractivity contribution in [2.75, 3.05) is 11.1 Å². The van der Waals surface area contributed by atoms with Gasteiger partial charge in [0.15, 0.2) is 0 Å². The summed E-state index contributed by atoms with van der Waals surface area (Å²) < 4.78 is 2.21. The van der Waals surface area contributed by atoms with Gasteiger partial charge in [-0.25, -0.2) is 0 Å². The molecule has 1 aromatic heterocycles. The molecule has 1 N–H and O–H groups in total. The molecule has 0 aliphatic carbocycles. The molecule has 6 heteroatoms. The van der Waals surface area contributed by atoms with E-state index in [-0.39, 0.29) is 5.91 Å². The van der Waals surface area contributed by atoms with Gasteiger partial charge in [0.2, 0.25) is 5.91 Å². The van der Waals surface area contributed by atoms with Gasteiger partial charge in [0.1, 0.15) is 0 Å². The topological polar surface area (TPSA) is 34.0 Å². The van der Waals surface area contributed by atoms with Crippen LogP contribution in [-0.2, 0) is 11.3 Å². The lowest BCUT2D eigenvalue weighted by atomic mass is 10.2. The molecule has 3 aromatic carbocycles. The van der Waals surface area contributed by atoms with Gasteiger partial charge in [-0.2, -0.15) is 0 Å². The minimum atomic E-state index is -0.0607. The van der Waals surface area contributed by atoms with Gasteiger partial charge in [-0.3, -0.25) is 4.79 Å². The van der Waals surface area contributed by atoms with Crippen LogP contribution in [0.1, 0.15) is 11.1 Å². The van der Waals surface area contributed by atoms with Gasteiger partial charge < -0.3 is 9.88 Å². The van der Waals surface area contributed by atoms with Crippen LogP contribution in [0, 0.1) is 6.92 Å². The monoisotopic (exact) mass is 454 g/mol. The largest absolute Gasteiger partial charge is 0.342 e. The van der Waals surface area contributed by atoms with Crippen molar-refractivity contribution in [2.24, 2.45) is 0 Å². The van der Waals surface area contributed by atoms with E-state index in [0.29, 0.717) is 16.5 Å². The van der Waals surface area contributed by atoms with Crippen molar-refractivity contribution >= 4 is 57.5 Å². The molecular formula is C24H20Cl2N2OS. The van der Waals surface area contributed by atoms with Gasteiger partial charge in [0.05, 0.1) is 5.75 Å². The highest BCUT2D eigenvalue weighted by Gasteiger charge is 2.12. The van der Waals surface area contributed by atoms with Crippen molar-refractivity contribution in [3.05, 3.63) is 94.1 Å². The smallest absolute Gasteiger partial charge is 0.234 e. The molecular weight excluding hydrogens is 435 g/mol. The van der Waals surface area contributed by atoms with Crippen LogP contribution in [0.2, 0.25) is 10.0 Å². The van der Waals surface area contributed by atoms with E-state index in [2.05, 4.69) is 28.2 Å². The number of anilines is 1. The Bertz CT molecular complexity index is 1200. The van der Waals surface area contributed by atoms with E-state index in [9.17, 15) is 4.79 Å². The fourth-order valence-electron chi connectivity index (χ4n) is 3.26. The Morgan fingerprint density at radius 2 is 1.80 bits per heavy atom. The van der Waals surface area contributed by atoms with E-state index < -0.39 is 0 Å². The molecule has 4 rings (SSSR count). The number of nitrogens with zero attached hydrogens (tertiary/aromatic N) is 1. The van der Waals surface area contributed by atoms with Crippen molar-refractivity contribution < 1.29 is 4.79 Å². The normalized spacial score (nSPS) is 11.0. The van der Waals surface area contributed by atoms with Crippen molar-refractivity contribution in [3.8, 4) is 0 Å². The Labute approximate surface area is 190 Å². The van der Waals surface area contributed by atoms with Crippen LogP contribution >= 0.6 is 35.0 Å². The first kappa shape index (κ1) is 20.9. The van der Waals surface area contributed by atoms with E-state index in [1.165, 1.54) is 17.3 Å². The molecule has 4 aromatic rings. The van der Waals surface area contributed by atoms with Gasteiger partial charge >= 0.3 is 0 Å². The van der Waals surface area contributed by atoms with Gasteiger partial charge in [0, 0.05) is 44.3 Å². The molecule has 0 saturated heterocycles. The number of hydrogen-bond acceptors (Lipinski definition) is 2. The van der Waals surface area contributed by atoms with Gasteiger partial charge in [-0.15, -0.1) is 11.8 Å². The molecule has 0 fully saturated rings. The Hall–Kier alpha value is -2.40. The summed E-state index contributed by atoms with van der Waals surface area (Å²) in [4.78, 5) is 13.5. The number of benzene rings is 3. The second-order valence-electron chi connectivity index (χ2n) is 7.07. The highest BCUT2D eigenvalue weighted by Crippen LogP contribution is 2.31. The van der Waals surface area contributed by atoms with Crippen molar-refractivity contribution in [1.82, 2.24) is 4.57 Å². The summed E-state index contributed by atoms with van der Waals surface area (Å²) in [7, 11) is 0. The molecule has 0 saturated carbocycles. The Kier molecular flexibility index (Phi) is 6.38. The number of fused-ring (bicyclic) bond motifs is 1. The van der Waals surface area contributed by atoms with Crippen molar-refractivity contribution in [3.63, 3.8) is 0 Å². The molecule has 3 nitrogen and oxygen atoms in total. The summed E-state index contributed by atoms with van der Waals surface area (Å²) in [6.07, 6.45) is 2.11. The van der Waals surface area contributed by atoms with Crippen LogP contribution in [0.4, 0.5) is 5.69 Å². The molecule has 0 aliphatic rings. The number of hydrogen-bond donors (Lipinski definition) is 1. The summed E-state index contributed by atoms with van der Waals surface area (Å²) in [6, 6.07) is 21.6. The molecule has 0 bridgehead atoms. The van der Waals surface area contributed by atoms with Gasteiger partial charge in [-0.05, 0) is 48.4 Å². The summed E-state index contributed by atoms with van der Waals surface area (Å²) in [5.41, 5.74) is 4.00. The fraction of sp³-hybridized carbons (Fsp3) is 0.125. The maximum Gasteiger partial charge on any atom is 0.234 e. The quantitative estimate of drug-likeness (QED) is 0.317. The van der Waals surface area contributed by atoms with Crippen molar-refractivity contribution in [1.29, 1.82) is 0 Å². The van der Waals surface area contributed by atoms with E-state index in [0.717, 1.165) is 32.9 Å². The lowest BCUT2D eigenvalue weighted by Gasteiger charge is -2.06. The Morgan fingerprint density at radius 3 is 2.57 bits per heavy atom. The van der Waals surface area contributed by atoms with Crippen LogP contribution in [-0.4, -0.2) is 16.2 Å². The molecule has 0 spiro atoms. The first-order valence-corrected chi connectivity index (χ1v) is 11.2. The third kappa shape index (κ3) is 4.84. The van der Waals surface area contributed by atoms with Crippen LogP contribution in [0.25, 0.3) is 10.9 Å². The number of halogens is 2.